The molecule has 1 saturated heterocycles. The van der Waals surface area contributed by atoms with Crippen LogP contribution in [0.5, 0.6) is 0 Å². The Kier molecular flexibility index (Phi) is 5.19. The lowest BCUT2D eigenvalue weighted by atomic mass is 10.1. The molecule has 1 atom stereocenters. The van der Waals surface area contributed by atoms with Crippen molar-refractivity contribution in [2.24, 2.45) is 5.92 Å². The molecule has 1 fully saturated rings. The van der Waals surface area contributed by atoms with Gasteiger partial charge in [-0.1, -0.05) is 30.3 Å². The van der Waals surface area contributed by atoms with Crippen molar-refractivity contribution in [3.05, 3.63) is 52.0 Å². The van der Waals surface area contributed by atoms with E-state index in [-0.39, 0.29) is 5.91 Å². The predicted molar refractivity (Wildman–Crippen MR) is 87.0 cm³/mol. The SMILES string of the molecule is O=C(Cc1csc(Cc2ccccc2)n1)NCC1CCOC1. The van der Waals surface area contributed by atoms with Crippen LogP contribution in [-0.2, 0) is 22.4 Å². The summed E-state index contributed by atoms with van der Waals surface area (Å²) in [6.07, 6.45) is 2.23. The van der Waals surface area contributed by atoms with Crippen molar-refractivity contribution in [2.45, 2.75) is 19.3 Å². The van der Waals surface area contributed by atoms with E-state index in [0.717, 1.165) is 36.8 Å². The van der Waals surface area contributed by atoms with Gasteiger partial charge in [0.05, 0.1) is 23.7 Å². The number of hydrogen-bond donors (Lipinski definition) is 1. The molecule has 1 aromatic carbocycles. The van der Waals surface area contributed by atoms with Gasteiger partial charge in [0.25, 0.3) is 0 Å². The first-order valence-electron chi connectivity index (χ1n) is 7.61. The standard InChI is InChI=1S/C17H20N2O2S/c20-16(18-10-14-6-7-21-11-14)9-15-12-22-17(19-15)8-13-4-2-1-3-5-13/h1-5,12,14H,6-11H2,(H,18,20). The molecule has 0 radical (unpaired) electrons. The summed E-state index contributed by atoms with van der Waals surface area (Å²) in [5.74, 6) is 0.511. The number of thiazole rings is 1. The highest BCUT2D eigenvalue weighted by molar-refractivity contribution is 7.09. The predicted octanol–water partition coefficient (Wildman–Crippen LogP) is 2.43. The Morgan fingerprint density at radius 3 is 3.00 bits per heavy atom. The summed E-state index contributed by atoms with van der Waals surface area (Å²) in [4.78, 5) is 16.5. The maximum absolute atomic E-state index is 11.9. The van der Waals surface area contributed by atoms with Crippen molar-refractivity contribution in [1.29, 1.82) is 0 Å². The molecular weight excluding hydrogens is 296 g/mol. The van der Waals surface area contributed by atoms with Gasteiger partial charge in [-0.05, 0) is 12.0 Å². The largest absolute Gasteiger partial charge is 0.381 e. The summed E-state index contributed by atoms with van der Waals surface area (Å²) in [5.41, 5.74) is 2.10. The molecule has 3 rings (SSSR count). The molecule has 1 N–H and O–H groups in total. The highest BCUT2D eigenvalue weighted by atomic mass is 32.1. The average Bonchev–Trinajstić information content (AvgIpc) is 3.18. The molecule has 2 aromatic rings. The molecule has 1 unspecified atom stereocenters. The number of hydrogen-bond acceptors (Lipinski definition) is 4. The van der Waals surface area contributed by atoms with Crippen LogP contribution in [0.2, 0.25) is 0 Å². The maximum Gasteiger partial charge on any atom is 0.226 e. The van der Waals surface area contributed by atoms with Crippen LogP contribution in [0.1, 0.15) is 22.7 Å². The van der Waals surface area contributed by atoms with Crippen molar-refractivity contribution in [1.82, 2.24) is 10.3 Å². The fourth-order valence-electron chi connectivity index (χ4n) is 2.51. The van der Waals surface area contributed by atoms with E-state index in [4.69, 9.17) is 4.74 Å². The molecule has 0 bridgehead atoms. The molecule has 0 saturated carbocycles. The van der Waals surface area contributed by atoms with E-state index >= 15 is 0 Å². The lowest BCUT2D eigenvalue weighted by Crippen LogP contribution is -2.30. The Hall–Kier alpha value is -1.72. The van der Waals surface area contributed by atoms with E-state index in [0.29, 0.717) is 18.9 Å². The van der Waals surface area contributed by atoms with Crippen LogP contribution in [0.25, 0.3) is 0 Å². The summed E-state index contributed by atoms with van der Waals surface area (Å²) in [6, 6.07) is 10.3. The topological polar surface area (TPSA) is 51.2 Å². The number of carbonyl (C=O) groups is 1. The molecule has 2 heterocycles. The van der Waals surface area contributed by atoms with Crippen molar-refractivity contribution >= 4 is 17.2 Å². The van der Waals surface area contributed by atoms with Crippen molar-refractivity contribution in [3.63, 3.8) is 0 Å². The third kappa shape index (κ3) is 4.39. The third-order valence-electron chi connectivity index (χ3n) is 3.75. The number of rotatable bonds is 6. The summed E-state index contributed by atoms with van der Waals surface area (Å²) >= 11 is 1.62. The number of amides is 1. The Labute approximate surface area is 134 Å². The van der Waals surface area contributed by atoms with Crippen molar-refractivity contribution in [2.75, 3.05) is 19.8 Å². The van der Waals surface area contributed by atoms with Gasteiger partial charge in [-0.15, -0.1) is 11.3 Å². The van der Waals surface area contributed by atoms with Crippen molar-refractivity contribution in [3.8, 4) is 0 Å². The number of nitrogens with one attached hydrogen (secondary N) is 1. The highest BCUT2D eigenvalue weighted by Crippen LogP contribution is 2.15. The minimum atomic E-state index is 0.0449. The molecule has 1 aliphatic heterocycles. The first-order valence-corrected chi connectivity index (χ1v) is 8.49. The zero-order valence-corrected chi connectivity index (χ0v) is 13.3. The maximum atomic E-state index is 11.9. The van der Waals surface area contributed by atoms with Gasteiger partial charge in [0.1, 0.15) is 0 Å². The number of aromatic nitrogens is 1. The first kappa shape index (κ1) is 15.2. The van der Waals surface area contributed by atoms with Crippen LogP contribution in [0.3, 0.4) is 0 Å². The fourth-order valence-corrected chi connectivity index (χ4v) is 3.34. The average molecular weight is 316 g/mol. The van der Waals surface area contributed by atoms with Gasteiger partial charge in [0.2, 0.25) is 5.91 Å². The van der Waals surface area contributed by atoms with E-state index < -0.39 is 0 Å². The van der Waals surface area contributed by atoms with Crippen LogP contribution < -0.4 is 5.32 Å². The van der Waals surface area contributed by atoms with Gasteiger partial charge >= 0.3 is 0 Å². The van der Waals surface area contributed by atoms with Gasteiger partial charge < -0.3 is 10.1 Å². The van der Waals surface area contributed by atoms with Gasteiger partial charge in [-0.2, -0.15) is 0 Å². The van der Waals surface area contributed by atoms with E-state index in [9.17, 15) is 4.79 Å². The number of nitrogens with zero attached hydrogens (tertiary/aromatic N) is 1. The van der Waals surface area contributed by atoms with E-state index in [1.807, 2.05) is 23.6 Å². The molecule has 0 aliphatic carbocycles. The summed E-state index contributed by atoms with van der Waals surface area (Å²) < 4.78 is 5.31. The second-order valence-electron chi connectivity index (χ2n) is 5.61. The minimum absolute atomic E-state index is 0.0449. The monoisotopic (exact) mass is 316 g/mol. The van der Waals surface area contributed by atoms with Crippen LogP contribution in [0.15, 0.2) is 35.7 Å². The fraction of sp³-hybridized carbons (Fsp3) is 0.412. The van der Waals surface area contributed by atoms with Crippen LogP contribution in [0.4, 0.5) is 0 Å². The number of carbonyl (C=O) groups excluding carboxylic acids is 1. The summed E-state index contributed by atoms with van der Waals surface area (Å²) in [5, 5.41) is 6.01. The Morgan fingerprint density at radius 2 is 2.23 bits per heavy atom. The van der Waals surface area contributed by atoms with E-state index in [2.05, 4.69) is 22.4 Å². The molecule has 1 amide bonds. The Morgan fingerprint density at radius 1 is 1.36 bits per heavy atom. The van der Waals surface area contributed by atoms with Crippen molar-refractivity contribution < 1.29 is 9.53 Å². The molecule has 1 aromatic heterocycles. The lowest BCUT2D eigenvalue weighted by Gasteiger charge is -2.08. The Balaban J connectivity index is 1.47. The van der Waals surface area contributed by atoms with Crippen LogP contribution in [0, 0.1) is 5.92 Å². The molecule has 1 aliphatic rings. The zero-order chi connectivity index (χ0) is 15.2. The number of ether oxygens (including phenoxy) is 1. The van der Waals surface area contributed by atoms with E-state index in [1.54, 1.807) is 11.3 Å². The summed E-state index contributed by atoms with van der Waals surface area (Å²) in [6.45, 7) is 2.29. The molecular formula is C17H20N2O2S. The zero-order valence-electron chi connectivity index (χ0n) is 12.5. The van der Waals surface area contributed by atoms with Gasteiger partial charge in [0.15, 0.2) is 0 Å². The normalized spacial score (nSPS) is 17.5. The first-order chi connectivity index (χ1) is 10.8. The molecule has 0 spiro atoms. The second kappa shape index (κ2) is 7.51. The van der Waals surface area contributed by atoms with Crippen LogP contribution in [-0.4, -0.2) is 30.6 Å². The molecule has 22 heavy (non-hydrogen) atoms. The molecule has 116 valence electrons. The van der Waals surface area contributed by atoms with Crippen LogP contribution >= 0.6 is 11.3 Å². The second-order valence-corrected chi connectivity index (χ2v) is 6.55. The molecule has 5 heteroatoms. The van der Waals surface area contributed by atoms with Gasteiger partial charge in [-0.3, -0.25) is 4.79 Å². The minimum Gasteiger partial charge on any atom is -0.381 e. The Bertz CT molecular complexity index is 606. The van der Waals surface area contributed by atoms with E-state index in [1.165, 1.54) is 5.56 Å². The summed E-state index contributed by atoms with van der Waals surface area (Å²) in [7, 11) is 0. The van der Waals surface area contributed by atoms with Gasteiger partial charge in [-0.25, -0.2) is 4.98 Å². The smallest absolute Gasteiger partial charge is 0.226 e. The quantitative estimate of drug-likeness (QED) is 0.890. The van der Waals surface area contributed by atoms with Gasteiger partial charge in [0, 0.05) is 30.9 Å². The highest BCUT2D eigenvalue weighted by Gasteiger charge is 2.16. The molecule has 4 nitrogen and oxygen atoms in total. The third-order valence-corrected chi connectivity index (χ3v) is 4.65. The number of benzene rings is 1. The lowest BCUT2D eigenvalue weighted by molar-refractivity contribution is -0.120.